The second-order valence-electron chi connectivity index (χ2n) is 7.41. The number of piperidine rings is 1. The summed E-state index contributed by atoms with van der Waals surface area (Å²) in [6, 6.07) is 17.7. The van der Waals surface area contributed by atoms with Crippen LogP contribution in [0.15, 0.2) is 54.6 Å². The van der Waals surface area contributed by atoms with E-state index >= 15 is 0 Å². The molecule has 2 heterocycles. The molecule has 1 N–H and O–H groups in total. The van der Waals surface area contributed by atoms with E-state index in [9.17, 15) is 4.79 Å². The Kier molecular flexibility index (Phi) is 5.78. The minimum atomic E-state index is -0.158. The molecule has 5 nitrogen and oxygen atoms in total. The Hall–Kier alpha value is -2.57. The highest BCUT2D eigenvalue weighted by molar-refractivity contribution is 7.18. The van der Waals surface area contributed by atoms with Crippen molar-refractivity contribution in [2.75, 3.05) is 18.4 Å². The lowest BCUT2D eigenvalue weighted by atomic mass is 9.99. The van der Waals surface area contributed by atoms with E-state index in [1.54, 1.807) is 0 Å². The molecular weight excluding hydrogens is 368 g/mol. The van der Waals surface area contributed by atoms with Crippen molar-refractivity contribution in [3.05, 3.63) is 65.7 Å². The number of nitrogens with zero attached hydrogens (tertiary/aromatic N) is 3. The van der Waals surface area contributed by atoms with Crippen LogP contribution in [0.2, 0.25) is 0 Å². The molecule has 6 heteroatoms. The highest BCUT2D eigenvalue weighted by Gasteiger charge is 2.16. The second-order valence-corrected chi connectivity index (χ2v) is 8.39. The van der Waals surface area contributed by atoms with Crippen LogP contribution in [0.1, 0.15) is 35.7 Å². The Morgan fingerprint density at radius 2 is 1.93 bits per heavy atom. The van der Waals surface area contributed by atoms with Gasteiger partial charge in [-0.1, -0.05) is 60.7 Å². The van der Waals surface area contributed by atoms with Gasteiger partial charge < -0.3 is 0 Å². The first-order valence-corrected chi connectivity index (χ1v) is 10.5. The molecule has 1 atom stereocenters. The lowest BCUT2D eigenvalue weighted by Crippen LogP contribution is -2.33. The van der Waals surface area contributed by atoms with Crippen molar-refractivity contribution >= 4 is 22.4 Å². The maximum absolute atomic E-state index is 12.5. The van der Waals surface area contributed by atoms with E-state index in [0.717, 1.165) is 36.1 Å². The van der Waals surface area contributed by atoms with Crippen LogP contribution in [0.5, 0.6) is 0 Å². The number of anilines is 1. The zero-order valence-corrected chi connectivity index (χ0v) is 16.8. The van der Waals surface area contributed by atoms with Crippen molar-refractivity contribution in [1.29, 1.82) is 0 Å². The average Bonchev–Trinajstić information content (AvgIpc) is 3.18. The molecule has 0 radical (unpaired) electrons. The summed E-state index contributed by atoms with van der Waals surface area (Å²) in [5, 5.41) is 12.4. The Labute approximate surface area is 169 Å². The van der Waals surface area contributed by atoms with Crippen molar-refractivity contribution in [2.45, 2.75) is 26.3 Å². The van der Waals surface area contributed by atoms with Gasteiger partial charge in [0.15, 0.2) is 0 Å². The van der Waals surface area contributed by atoms with Gasteiger partial charge in [0.05, 0.1) is 0 Å². The van der Waals surface area contributed by atoms with Gasteiger partial charge in [-0.2, -0.15) is 0 Å². The summed E-state index contributed by atoms with van der Waals surface area (Å²) in [6.45, 7) is 5.58. The molecule has 0 bridgehead atoms. The van der Waals surface area contributed by atoms with E-state index < -0.39 is 0 Å². The molecule has 0 spiro atoms. The van der Waals surface area contributed by atoms with Crippen LogP contribution >= 0.6 is 11.3 Å². The first kappa shape index (κ1) is 18.8. The smallest absolute Gasteiger partial charge is 0.257 e. The van der Waals surface area contributed by atoms with Gasteiger partial charge in [-0.05, 0) is 43.0 Å². The molecule has 0 saturated carbocycles. The molecule has 0 unspecified atom stereocenters. The summed E-state index contributed by atoms with van der Waals surface area (Å²) < 4.78 is 0. The van der Waals surface area contributed by atoms with Crippen LogP contribution in [0.3, 0.4) is 0 Å². The van der Waals surface area contributed by atoms with Crippen LogP contribution in [-0.2, 0) is 6.54 Å². The molecule has 3 aromatic rings. The van der Waals surface area contributed by atoms with Crippen LogP contribution in [0.25, 0.3) is 10.6 Å². The third-order valence-electron chi connectivity index (χ3n) is 5.03. The van der Waals surface area contributed by atoms with E-state index in [1.807, 2.05) is 54.6 Å². The van der Waals surface area contributed by atoms with Crippen molar-refractivity contribution in [2.24, 2.45) is 5.92 Å². The van der Waals surface area contributed by atoms with Crippen LogP contribution in [-0.4, -0.2) is 34.1 Å². The van der Waals surface area contributed by atoms with Crippen molar-refractivity contribution in [3.63, 3.8) is 0 Å². The molecule has 2 aromatic carbocycles. The summed E-state index contributed by atoms with van der Waals surface area (Å²) in [5.41, 5.74) is 2.87. The Bertz CT molecular complexity index is 923. The summed E-state index contributed by atoms with van der Waals surface area (Å²) in [5.74, 6) is 0.611. The number of amides is 1. The second kappa shape index (κ2) is 8.63. The standard InChI is InChI=1S/C22H24N4OS/c1-16-6-5-13-26(14-16)15-17-9-11-18(12-10-17)20(27)23-22-25-24-21(28-22)19-7-3-2-4-8-19/h2-4,7-12,16H,5-6,13-15H2,1H3,(H,23,25,27)/t16-/m0/s1. The van der Waals surface area contributed by atoms with Gasteiger partial charge in [0, 0.05) is 24.2 Å². The average molecular weight is 393 g/mol. The number of likely N-dealkylation sites (tertiary alicyclic amines) is 1. The highest BCUT2D eigenvalue weighted by Crippen LogP contribution is 2.26. The van der Waals surface area contributed by atoms with E-state index in [4.69, 9.17) is 0 Å². The van der Waals surface area contributed by atoms with Crippen molar-refractivity contribution in [1.82, 2.24) is 15.1 Å². The Balaban J connectivity index is 1.37. The number of aromatic nitrogens is 2. The predicted molar refractivity (Wildman–Crippen MR) is 113 cm³/mol. The van der Waals surface area contributed by atoms with E-state index in [2.05, 4.69) is 27.3 Å². The topological polar surface area (TPSA) is 58.1 Å². The fraction of sp³-hybridized carbons (Fsp3) is 0.318. The lowest BCUT2D eigenvalue weighted by Gasteiger charge is -2.30. The molecule has 1 fully saturated rings. The number of rotatable bonds is 5. The van der Waals surface area contributed by atoms with Gasteiger partial charge in [0.1, 0.15) is 5.01 Å². The van der Waals surface area contributed by atoms with Crippen molar-refractivity contribution in [3.8, 4) is 10.6 Å². The molecule has 1 aliphatic rings. The number of nitrogens with one attached hydrogen (secondary N) is 1. The van der Waals surface area contributed by atoms with Gasteiger partial charge >= 0.3 is 0 Å². The van der Waals surface area contributed by atoms with Gasteiger partial charge in [-0.25, -0.2) is 0 Å². The zero-order chi connectivity index (χ0) is 19.3. The largest absolute Gasteiger partial charge is 0.299 e. The maximum Gasteiger partial charge on any atom is 0.257 e. The SMILES string of the molecule is C[C@H]1CCCN(Cc2ccc(C(=O)Nc3nnc(-c4ccccc4)s3)cc2)C1. The van der Waals surface area contributed by atoms with Crippen LogP contribution in [0, 0.1) is 5.92 Å². The fourth-order valence-electron chi connectivity index (χ4n) is 3.59. The quantitative estimate of drug-likeness (QED) is 0.684. The van der Waals surface area contributed by atoms with Gasteiger partial charge in [-0.3, -0.25) is 15.0 Å². The number of carbonyl (C=O) groups excluding carboxylic acids is 1. The fourth-order valence-corrected chi connectivity index (χ4v) is 4.33. The van der Waals surface area contributed by atoms with Crippen molar-refractivity contribution < 1.29 is 4.79 Å². The highest BCUT2D eigenvalue weighted by atomic mass is 32.1. The molecule has 4 rings (SSSR count). The number of hydrogen-bond acceptors (Lipinski definition) is 5. The molecular formula is C22H24N4OS. The lowest BCUT2D eigenvalue weighted by molar-refractivity contribution is 0.102. The minimum absolute atomic E-state index is 0.158. The van der Waals surface area contributed by atoms with Gasteiger partial charge in [0.25, 0.3) is 5.91 Å². The monoisotopic (exact) mass is 392 g/mol. The zero-order valence-electron chi connectivity index (χ0n) is 16.0. The van der Waals surface area contributed by atoms with E-state index in [-0.39, 0.29) is 5.91 Å². The molecule has 28 heavy (non-hydrogen) atoms. The molecule has 1 aromatic heterocycles. The number of hydrogen-bond donors (Lipinski definition) is 1. The summed E-state index contributed by atoms with van der Waals surface area (Å²) in [6.07, 6.45) is 2.60. The third-order valence-corrected chi connectivity index (χ3v) is 5.92. The first-order valence-electron chi connectivity index (χ1n) is 9.69. The van der Waals surface area contributed by atoms with E-state index in [1.165, 1.54) is 29.7 Å². The first-order chi connectivity index (χ1) is 13.7. The summed E-state index contributed by atoms with van der Waals surface area (Å²) >= 11 is 1.37. The maximum atomic E-state index is 12.5. The summed E-state index contributed by atoms with van der Waals surface area (Å²) in [4.78, 5) is 15.0. The number of benzene rings is 2. The molecule has 1 saturated heterocycles. The van der Waals surface area contributed by atoms with Crippen LogP contribution in [0.4, 0.5) is 5.13 Å². The van der Waals surface area contributed by atoms with E-state index in [0.29, 0.717) is 10.7 Å². The normalized spacial score (nSPS) is 17.4. The Morgan fingerprint density at radius 1 is 1.14 bits per heavy atom. The number of carbonyl (C=O) groups is 1. The van der Waals surface area contributed by atoms with Gasteiger partial charge in [0.2, 0.25) is 5.13 Å². The summed E-state index contributed by atoms with van der Waals surface area (Å²) in [7, 11) is 0. The third kappa shape index (κ3) is 4.64. The minimum Gasteiger partial charge on any atom is -0.299 e. The molecule has 0 aliphatic carbocycles. The molecule has 1 aliphatic heterocycles. The predicted octanol–water partition coefficient (Wildman–Crippen LogP) is 4.69. The van der Waals surface area contributed by atoms with Crippen LogP contribution < -0.4 is 5.32 Å². The van der Waals surface area contributed by atoms with Gasteiger partial charge in [-0.15, -0.1) is 10.2 Å². The molecule has 144 valence electrons. The Morgan fingerprint density at radius 3 is 2.68 bits per heavy atom. The molecule has 1 amide bonds.